The molecule has 0 saturated carbocycles. The zero-order valence-electron chi connectivity index (χ0n) is 15.1. The highest BCUT2D eigenvalue weighted by Gasteiger charge is 2.30. The van der Waals surface area contributed by atoms with Crippen molar-refractivity contribution in [3.8, 4) is 5.75 Å². The van der Waals surface area contributed by atoms with Gasteiger partial charge in [-0.1, -0.05) is 24.3 Å². The Kier molecular flexibility index (Phi) is 6.82. The van der Waals surface area contributed by atoms with Gasteiger partial charge in [-0.05, 0) is 42.3 Å². The van der Waals surface area contributed by atoms with Crippen molar-refractivity contribution in [1.29, 1.82) is 0 Å². The van der Waals surface area contributed by atoms with Crippen LogP contribution in [-0.4, -0.2) is 24.6 Å². The van der Waals surface area contributed by atoms with E-state index in [2.05, 4.69) is 10.1 Å². The average molecular weight is 402 g/mol. The number of amides is 2. The second-order valence-electron chi connectivity index (χ2n) is 6.17. The Balaban J connectivity index is 1.92. The summed E-state index contributed by atoms with van der Waals surface area (Å²) in [5.41, 5.74) is 0.473. The Morgan fingerprint density at radius 1 is 1.07 bits per heavy atom. The summed E-state index contributed by atoms with van der Waals surface area (Å²) < 4.78 is 66.3. The molecule has 4 nitrogen and oxygen atoms in total. The van der Waals surface area contributed by atoms with E-state index in [0.29, 0.717) is 11.1 Å². The molecular weight excluding hydrogens is 383 g/mol. The van der Waals surface area contributed by atoms with Crippen LogP contribution in [0.25, 0.3) is 0 Å². The minimum absolute atomic E-state index is 0.0108. The highest BCUT2D eigenvalue weighted by atomic mass is 19.4. The zero-order chi connectivity index (χ0) is 20.9. The standard InChI is InChI=1S/C19H19F5N2O2/c1-12(14-5-9-16(10-6-14)28-17(20)21)25-18(27)26(2)11-13-3-7-15(8-4-13)19(22,23)24/h3-10,12,17H,11H2,1-2H3,(H,25,27). The van der Waals surface area contributed by atoms with Crippen LogP contribution in [0.3, 0.4) is 0 Å². The summed E-state index contributed by atoms with van der Waals surface area (Å²) in [6.07, 6.45) is -4.41. The number of rotatable bonds is 6. The van der Waals surface area contributed by atoms with E-state index < -0.39 is 30.4 Å². The molecule has 2 aromatic rings. The van der Waals surface area contributed by atoms with E-state index in [0.717, 1.165) is 12.1 Å². The molecule has 0 fully saturated rings. The predicted octanol–water partition coefficient (Wildman–Crippen LogP) is 5.21. The van der Waals surface area contributed by atoms with Gasteiger partial charge in [-0.3, -0.25) is 0 Å². The van der Waals surface area contributed by atoms with Gasteiger partial charge >= 0.3 is 18.8 Å². The molecule has 28 heavy (non-hydrogen) atoms. The SMILES string of the molecule is CC(NC(=O)N(C)Cc1ccc(C(F)(F)F)cc1)c1ccc(OC(F)F)cc1. The molecule has 0 heterocycles. The van der Waals surface area contributed by atoms with Gasteiger partial charge in [0.05, 0.1) is 11.6 Å². The molecule has 152 valence electrons. The van der Waals surface area contributed by atoms with Crippen LogP contribution in [0.15, 0.2) is 48.5 Å². The number of hydrogen-bond donors (Lipinski definition) is 1. The third kappa shape index (κ3) is 6.11. The lowest BCUT2D eigenvalue weighted by molar-refractivity contribution is -0.137. The smallest absolute Gasteiger partial charge is 0.416 e. The van der Waals surface area contributed by atoms with Gasteiger partial charge in [-0.15, -0.1) is 0 Å². The number of nitrogens with zero attached hydrogens (tertiary/aromatic N) is 1. The fraction of sp³-hybridized carbons (Fsp3) is 0.316. The normalized spacial score (nSPS) is 12.6. The summed E-state index contributed by atoms with van der Waals surface area (Å²) in [7, 11) is 1.51. The first kappa shape index (κ1) is 21.5. The van der Waals surface area contributed by atoms with Gasteiger partial charge in [0.25, 0.3) is 0 Å². The molecule has 0 aliphatic heterocycles. The largest absolute Gasteiger partial charge is 0.435 e. The summed E-state index contributed by atoms with van der Waals surface area (Å²) in [5.74, 6) is 0.0108. The minimum Gasteiger partial charge on any atom is -0.435 e. The summed E-state index contributed by atoms with van der Waals surface area (Å²) in [6, 6.07) is 9.57. The molecule has 0 aliphatic carbocycles. The molecule has 9 heteroatoms. The maximum atomic E-state index is 12.6. The van der Waals surface area contributed by atoms with Crippen LogP contribution in [0.5, 0.6) is 5.75 Å². The Labute approximate surface area is 158 Å². The number of carbonyl (C=O) groups excluding carboxylic acids is 1. The molecule has 1 N–H and O–H groups in total. The van der Waals surface area contributed by atoms with Gasteiger partial charge in [-0.2, -0.15) is 22.0 Å². The summed E-state index contributed by atoms with van der Waals surface area (Å²) >= 11 is 0. The number of benzene rings is 2. The molecule has 1 atom stereocenters. The topological polar surface area (TPSA) is 41.6 Å². The molecule has 0 aliphatic rings. The van der Waals surface area contributed by atoms with E-state index in [1.807, 2.05) is 0 Å². The highest BCUT2D eigenvalue weighted by Crippen LogP contribution is 2.29. The molecule has 0 aromatic heterocycles. The number of alkyl halides is 5. The number of halogens is 5. The lowest BCUT2D eigenvalue weighted by Crippen LogP contribution is -2.38. The first-order valence-electron chi connectivity index (χ1n) is 8.29. The number of urea groups is 1. The maximum Gasteiger partial charge on any atom is 0.416 e. The number of nitrogens with one attached hydrogen (secondary N) is 1. The van der Waals surface area contributed by atoms with Crippen molar-refractivity contribution in [1.82, 2.24) is 10.2 Å². The van der Waals surface area contributed by atoms with Crippen LogP contribution in [0.4, 0.5) is 26.7 Å². The third-order valence-corrected chi connectivity index (χ3v) is 3.99. The number of hydrogen-bond acceptors (Lipinski definition) is 2. The van der Waals surface area contributed by atoms with E-state index in [1.54, 1.807) is 19.1 Å². The molecule has 0 bridgehead atoms. The highest BCUT2D eigenvalue weighted by molar-refractivity contribution is 5.74. The van der Waals surface area contributed by atoms with Crippen LogP contribution in [0.1, 0.15) is 29.7 Å². The van der Waals surface area contributed by atoms with Gasteiger partial charge in [0.1, 0.15) is 5.75 Å². The van der Waals surface area contributed by atoms with Crippen LogP contribution in [0, 0.1) is 0 Å². The van der Waals surface area contributed by atoms with Crippen molar-refractivity contribution < 1.29 is 31.5 Å². The van der Waals surface area contributed by atoms with Crippen LogP contribution in [-0.2, 0) is 12.7 Å². The van der Waals surface area contributed by atoms with Crippen molar-refractivity contribution in [2.75, 3.05) is 7.05 Å². The predicted molar refractivity (Wildman–Crippen MR) is 92.9 cm³/mol. The average Bonchev–Trinajstić information content (AvgIpc) is 2.61. The molecule has 0 radical (unpaired) electrons. The Bertz CT molecular complexity index is 776. The zero-order valence-corrected chi connectivity index (χ0v) is 15.1. The van der Waals surface area contributed by atoms with Gasteiger partial charge < -0.3 is 15.0 Å². The maximum absolute atomic E-state index is 12.6. The fourth-order valence-corrected chi connectivity index (χ4v) is 2.46. The summed E-state index contributed by atoms with van der Waals surface area (Å²) in [6.45, 7) is -1.08. The van der Waals surface area contributed by atoms with Crippen LogP contribution in [0.2, 0.25) is 0 Å². The van der Waals surface area contributed by atoms with E-state index in [9.17, 15) is 26.7 Å². The minimum atomic E-state index is -4.41. The summed E-state index contributed by atoms with van der Waals surface area (Å²) in [5, 5.41) is 2.73. The third-order valence-electron chi connectivity index (χ3n) is 3.99. The van der Waals surface area contributed by atoms with Crippen LogP contribution >= 0.6 is 0 Å². The quantitative estimate of drug-likeness (QED) is 0.674. The van der Waals surface area contributed by atoms with Crippen molar-refractivity contribution in [2.45, 2.75) is 32.3 Å². The van der Waals surface area contributed by atoms with Crippen molar-refractivity contribution in [3.05, 3.63) is 65.2 Å². The fourth-order valence-electron chi connectivity index (χ4n) is 2.46. The Morgan fingerprint density at radius 3 is 2.14 bits per heavy atom. The van der Waals surface area contributed by atoms with Crippen molar-refractivity contribution >= 4 is 6.03 Å². The lowest BCUT2D eigenvalue weighted by Gasteiger charge is -2.22. The number of carbonyl (C=O) groups is 1. The van der Waals surface area contributed by atoms with E-state index in [1.165, 1.54) is 36.2 Å². The molecule has 2 amide bonds. The van der Waals surface area contributed by atoms with E-state index in [4.69, 9.17) is 0 Å². The summed E-state index contributed by atoms with van der Waals surface area (Å²) in [4.78, 5) is 13.6. The van der Waals surface area contributed by atoms with Gasteiger partial charge in [-0.25, -0.2) is 4.79 Å². The Morgan fingerprint density at radius 2 is 1.64 bits per heavy atom. The number of ether oxygens (including phenoxy) is 1. The molecule has 0 spiro atoms. The molecule has 2 aromatic carbocycles. The molecular formula is C19H19F5N2O2. The monoisotopic (exact) mass is 402 g/mol. The van der Waals surface area contributed by atoms with E-state index >= 15 is 0 Å². The molecule has 0 saturated heterocycles. The van der Waals surface area contributed by atoms with Gasteiger partial charge in [0.2, 0.25) is 0 Å². The second-order valence-corrected chi connectivity index (χ2v) is 6.17. The first-order chi connectivity index (χ1) is 13.1. The van der Waals surface area contributed by atoms with Gasteiger partial charge in [0.15, 0.2) is 0 Å². The van der Waals surface area contributed by atoms with Crippen molar-refractivity contribution in [3.63, 3.8) is 0 Å². The van der Waals surface area contributed by atoms with Crippen LogP contribution < -0.4 is 10.1 Å². The Hall–Kier alpha value is -2.84. The molecule has 2 rings (SSSR count). The lowest BCUT2D eigenvalue weighted by atomic mass is 10.1. The molecule has 1 unspecified atom stereocenters. The van der Waals surface area contributed by atoms with E-state index in [-0.39, 0.29) is 12.3 Å². The van der Waals surface area contributed by atoms with Crippen molar-refractivity contribution in [2.24, 2.45) is 0 Å². The first-order valence-corrected chi connectivity index (χ1v) is 8.29. The van der Waals surface area contributed by atoms with Gasteiger partial charge in [0, 0.05) is 13.6 Å². The second kappa shape index (κ2) is 8.90.